The lowest BCUT2D eigenvalue weighted by molar-refractivity contribution is 0.321. The van der Waals surface area contributed by atoms with Crippen LogP contribution in [0, 0.1) is 5.92 Å². The summed E-state index contributed by atoms with van der Waals surface area (Å²) in [7, 11) is 0. The highest BCUT2D eigenvalue weighted by atomic mass is 127. The summed E-state index contributed by atoms with van der Waals surface area (Å²) in [6, 6.07) is 3.71. The van der Waals surface area contributed by atoms with Gasteiger partial charge < -0.3 is 15.8 Å². The van der Waals surface area contributed by atoms with E-state index in [1.165, 1.54) is 0 Å². The highest BCUT2D eigenvalue weighted by Gasteiger charge is 1.95. The zero-order valence-electron chi connectivity index (χ0n) is 11.5. The number of nitrogens with two attached hydrogens (primary N) is 1. The number of nitrogens with zero attached hydrogens (tertiary/aromatic N) is 2. The molecule has 0 aliphatic rings. The summed E-state index contributed by atoms with van der Waals surface area (Å²) in [4.78, 5) is 8.19. The van der Waals surface area contributed by atoms with Gasteiger partial charge in [-0.25, -0.2) is 0 Å². The molecule has 108 valence electrons. The summed E-state index contributed by atoms with van der Waals surface area (Å²) >= 11 is 0. The molecule has 1 aromatic rings. The first-order valence-corrected chi connectivity index (χ1v) is 6.25. The average molecular weight is 378 g/mol. The Labute approximate surface area is 132 Å². The molecule has 0 radical (unpaired) electrons. The van der Waals surface area contributed by atoms with Crippen LogP contribution in [0.5, 0.6) is 5.75 Å². The third-order valence-electron chi connectivity index (χ3n) is 2.30. The molecule has 0 unspecified atom stereocenters. The molecule has 0 atom stereocenters. The minimum atomic E-state index is 0. The Hall–Kier alpha value is -1.05. The maximum Gasteiger partial charge on any atom is 0.188 e. The number of pyridine rings is 1. The minimum absolute atomic E-state index is 0. The molecule has 0 fully saturated rings. The van der Waals surface area contributed by atoms with Gasteiger partial charge in [0.1, 0.15) is 12.4 Å². The third kappa shape index (κ3) is 9.52. The molecule has 0 bridgehead atoms. The molecular weight excluding hydrogens is 355 g/mol. The fourth-order valence-electron chi connectivity index (χ4n) is 1.28. The molecular formula is C13H23IN4O. The predicted octanol–water partition coefficient (Wildman–Crippen LogP) is 2.03. The number of halogens is 1. The summed E-state index contributed by atoms with van der Waals surface area (Å²) in [5.74, 6) is 1.88. The van der Waals surface area contributed by atoms with E-state index in [2.05, 4.69) is 29.1 Å². The van der Waals surface area contributed by atoms with E-state index in [1.807, 2.05) is 12.1 Å². The van der Waals surface area contributed by atoms with Crippen LogP contribution < -0.4 is 15.8 Å². The molecule has 0 saturated heterocycles. The molecule has 1 aromatic heterocycles. The minimum Gasteiger partial charge on any atom is -0.490 e. The van der Waals surface area contributed by atoms with Crippen molar-refractivity contribution in [2.75, 3.05) is 19.7 Å². The van der Waals surface area contributed by atoms with E-state index < -0.39 is 0 Å². The van der Waals surface area contributed by atoms with Crippen LogP contribution in [-0.4, -0.2) is 30.6 Å². The van der Waals surface area contributed by atoms with Crippen molar-refractivity contribution in [1.82, 2.24) is 10.3 Å². The number of guanidine groups is 1. The van der Waals surface area contributed by atoms with E-state index in [4.69, 9.17) is 10.5 Å². The van der Waals surface area contributed by atoms with Crippen molar-refractivity contribution in [2.45, 2.75) is 20.3 Å². The van der Waals surface area contributed by atoms with Crippen LogP contribution in [0.15, 0.2) is 29.5 Å². The molecule has 0 spiro atoms. The first-order valence-electron chi connectivity index (χ1n) is 6.25. The number of nitrogens with one attached hydrogen (secondary N) is 1. The van der Waals surface area contributed by atoms with Crippen molar-refractivity contribution in [3.05, 3.63) is 24.5 Å². The number of aliphatic imine (C=N–C) groups is 1. The number of ether oxygens (including phenoxy) is 1. The Bertz CT molecular complexity index is 357. The molecule has 5 nitrogen and oxygen atoms in total. The third-order valence-corrected chi connectivity index (χ3v) is 2.30. The second-order valence-electron chi connectivity index (χ2n) is 4.41. The standard InChI is InChI=1S/C13H22N4O.HI/c1-11(2)5-7-16-13(14)17-8-9-18-12-4-3-6-15-10-12;/h3-4,6,10-11H,5,7-9H2,1-2H3,(H3,14,16,17);1H. The SMILES string of the molecule is CC(C)CCN=C(N)NCCOc1cccnc1.I. The van der Waals surface area contributed by atoms with E-state index in [0.717, 1.165) is 18.7 Å². The van der Waals surface area contributed by atoms with Gasteiger partial charge in [-0.3, -0.25) is 9.98 Å². The number of hydrogen-bond donors (Lipinski definition) is 2. The summed E-state index contributed by atoms with van der Waals surface area (Å²) < 4.78 is 5.46. The molecule has 0 aromatic carbocycles. The molecule has 6 heteroatoms. The quantitative estimate of drug-likeness (QED) is 0.330. The highest BCUT2D eigenvalue weighted by molar-refractivity contribution is 14.0. The van der Waals surface area contributed by atoms with E-state index in [0.29, 0.717) is 25.0 Å². The van der Waals surface area contributed by atoms with Crippen molar-refractivity contribution >= 4 is 29.9 Å². The van der Waals surface area contributed by atoms with Gasteiger partial charge in [0.25, 0.3) is 0 Å². The zero-order chi connectivity index (χ0) is 13.2. The van der Waals surface area contributed by atoms with Crippen LogP contribution in [0.2, 0.25) is 0 Å². The second kappa shape index (κ2) is 10.8. The molecule has 19 heavy (non-hydrogen) atoms. The highest BCUT2D eigenvalue weighted by Crippen LogP contribution is 2.04. The van der Waals surface area contributed by atoms with Crippen LogP contribution in [-0.2, 0) is 0 Å². The van der Waals surface area contributed by atoms with Crippen LogP contribution in [0.4, 0.5) is 0 Å². The molecule has 1 heterocycles. The van der Waals surface area contributed by atoms with Crippen molar-refractivity contribution in [2.24, 2.45) is 16.6 Å². The van der Waals surface area contributed by atoms with Gasteiger partial charge >= 0.3 is 0 Å². The summed E-state index contributed by atoms with van der Waals surface area (Å²) in [6.45, 7) is 6.26. The Balaban J connectivity index is 0.00000324. The van der Waals surface area contributed by atoms with E-state index in [-0.39, 0.29) is 24.0 Å². The Morgan fingerprint density at radius 3 is 2.95 bits per heavy atom. The summed E-state index contributed by atoms with van der Waals surface area (Å²) in [5, 5.41) is 3.01. The molecule has 1 rings (SSSR count). The van der Waals surface area contributed by atoms with Gasteiger partial charge in [0, 0.05) is 12.7 Å². The van der Waals surface area contributed by atoms with Gasteiger partial charge in [-0.1, -0.05) is 13.8 Å². The van der Waals surface area contributed by atoms with E-state index in [9.17, 15) is 0 Å². The molecule has 0 amide bonds. The summed E-state index contributed by atoms with van der Waals surface area (Å²) in [5.41, 5.74) is 5.71. The lowest BCUT2D eigenvalue weighted by Crippen LogP contribution is -2.34. The molecule has 0 aliphatic carbocycles. The van der Waals surface area contributed by atoms with Crippen LogP contribution in [0.25, 0.3) is 0 Å². The smallest absolute Gasteiger partial charge is 0.188 e. The lowest BCUT2D eigenvalue weighted by Gasteiger charge is -2.08. The first-order chi connectivity index (χ1) is 8.68. The Kier molecular flexibility index (Phi) is 10.2. The van der Waals surface area contributed by atoms with Crippen LogP contribution >= 0.6 is 24.0 Å². The average Bonchev–Trinajstić information content (AvgIpc) is 2.35. The van der Waals surface area contributed by atoms with Gasteiger partial charge in [-0.15, -0.1) is 24.0 Å². The van der Waals surface area contributed by atoms with Gasteiger partial charge in [0.15, 0.2) is 5.96 Å². The van der Waals surface area contributed by atoms with Gasteiger partial charge in [-0.2, -0.15) is 0 Å². The number of rotatable bonds is 7. The van der Waals surface area contributed by atoms with Crippen molar-refractivity contribution in [3.8, 4) is 5.75 Å². The Morgan fingerprint density at radius 1 is 1.53 bits per heavy atom. The maximum absolute atomic E-state index is 5.71. The topological polar surface area (TPSA) is 72.5 Å². The van der Waals surface area contributed by atoms with Gasteiger partial charge in [0.05, 0.1) is 12.7 Å². The van der Waals surface area contributed by atoms with Crippen molar-refractivity contribution < 1.29 is 4.74 Å². The first kappa shape index (κ1) is 17.9. The normalized spacial score (nSPS) is 11.0. The fourth-order valence-corrected chi connectivity index (χ4v) is 1.28. The molecule has 0 aliphatic heterocycles. The van der Waals surface area contributed by atoms with Gasteiger partial charge in [-0.05, 0) is 24.5 Å². The van der Waals surface area contributed by atoms with Crippen molar-refractivity contribution in [3.63, 3.8) is 0 Å². The molecule has 3 N–H and O–H groups in total. The largest absolute Gasteiger partial charge is 0.490 e. The summed E-state index contributed by atoms with van der Waals surface area (Å²) in [6.07, 6.45) is 4.44. The monoisotopic (exact) mass is 378 g/mol. The second-order valence-corrected chi connectivity index (χ2v) is 4.41. The Morgan fingerprint density at radius 2 is 2.32 bits per heavy atom. The number of aromatic nitrogens is 1. The molecule has 0 saturated carbocycles. The van der Waals surface area contributed by atoms with E-state index >= 15 is 0 Å². The van der Waals surface area contributed by atoms with Gasteiger partial charge in [0.2, 0.25) is 0 Å². The fraction of sp³-hybridized carbons (Fsp3) is 0.538. The van der Waals surface area contributed by atoms with Crippen LogP contribution in [0.3, 0.4) is 0 Å². The zero-order valence-corrected chi connectivity index (χ0v) is 13.8. The van der Waals surface area contributed by atoms with Crippen LogP contribution in [0.1, 0.15) is 20.3 Å². The number of hydrogen-bond acceptors (Lipinski definition) is 3. The van der Waals surface area contributed by atoms with E-state index in [1.54, 1.807) is 12.4 Å². The maximum atomic E-state index is 5.71. The predicted molar refractivity (Wildman–Crippen MR) is 89.1 cm³/mol. The lowest BCUT2D eigenvalue weighted by atomic mass is 10.1. The van der Waals surface area contributed by atoms with Crippen molar-refractivity contribution in [1.29, 1.82) is 0 Å².